The Morgan fingerprint density at radius 3 is 2.76 bits per heavy atom. The topological polar surface area (TPSA) is 110 Å². The minimum Gasteiger partial charge on any atom is -0.481 e. The normalized spacial score (nSPS) is 35.1. The highest BCUT2D eigenvalue weighted by Crippen LogP contribution is 2.43. The van der Waals surface area contributed by atoms with Gasteiger partial charge in [-0.05, 0) is 25.2 Å². The van der Waals surface area contributed by atoms with E-state index in [0.717, 1.165) is 0 Å². The highest BCUT2D eigenvalue weighted by molar-refractivity contribution is 7.91. The monoisotopic (exact) mass is 314 g/mol. The summed E-state index contributed by atoms with van der Waals surface area (Å²) in [4.78, 5) is 15.6. The van der Waals surface area contributed by atoms with Crippen molar-refractivity contribution in [3.05, 3.63) is 11.7 Å². The number of hydrogen-bond acceptors (Lipinski definition) is 6. The first-order valence-electron chi connectivity index (χ1n) is 7.12. The summed E-state index contributed by atoms with van der Waals surface area (Å²) in [7, 11) is -3.00. The lowest BCUT2D eigenvalue weighted by Crippen LogP contribution is -2.17. The predicted molar refractivity (Wildman–Crippen MR) is 72.6 cm³/mol. The van der Waals surface area contributed by atoms with Crippen molar-refractivity contribution in [2.75, 3.05) is 11.5 Å². The fourth-order valence-electron chi connectivity index (χ4n) is 3.40. The zero-order chi connectivity index (χ0) is 15.2. The first-order valence-corrected chi connectivity index (χ1v) is 8.94. The number of hydrogen-bond donors (Lipinski definition) is 1. The molecular formula is C13H18N2O5S. The predicted octanol–water partition coefficient (Wildman–Crippen LogP) is 1.19. The maximum Gasteiger partial charge on any atom is 0.307 e. The Balaban J connectivity index is 1.80. The molecule has 4 unspecified atom stereocenters. The van der Waals surface area contributed by atoms with Crippen LogP contribution in [0.5, 0.6) is 0 Å². The van der Waals surface area contributed by atoms with Gasteiger partial charge in [-0.25, -0.2) is 8.42 Å². The SMILES string of the molecule is CC1CC(C(=O)O)C(c2nc(C3CCS(=O)(=O)C3)no2)C1. The highest BCUT2D eigenvalue weighted by Gasteiger charge is 2.42. The highest BCUT2D eigenvalue weighted by atomic mass is 32.2. The first kappa shape index (κ1) is 14.5. The van der Waals surface area contributed by atoms with E-state index in [0.29, 0.717) is 36.9 Å². The molecule has 116 valence electrons. The molecule has 2 heterocycles. The van der Waals surface area contributed by atoms with Gasteiger partial charge in [0.05, 0.1) is 23.3 Å². The lowest BCUT2D eigenvalue weighted by Gasteiger charge is -2.10. The summed E-state index contributed by atoms with van der Waals surface area (Å²) in [6.45, 7) is 2.01. The van der Waals surface area contributed by atoms with Crippen LogP contribution in [-0.4, -0.2) is 41.1 Å². The standard InChI is InChI=1S/C13H18N2O5S/c1-7-4-9(10(5-7)13(16)17)12-14-11(15-20-12)8-2-3-21(18,19)6-8/h7-10H,2-6H2,1H3,(H,16,17). The quantitative estimate of drug-likeness (QED) is 0.892. The van der Waals surface area contributed by atoms with Gasteiger partial charge in [0.25, 0.3) is 0 Å². The zero-order valence-electron chi connectivity index (χ0n) is 11.7. The molecule has 0 radical (unpaired) electrons. The summed E-state index contributed by atoms with van der Waals surface area (Å²) in [5, 5.41) is 13.2. The van der Waals surface area contributed by atoms with Gasteiger partial charge in [-0.3, -0.25) is 4.79 Å². The largest absolute Gasteiger partial charge is 0.481 e. The summed E-state index contributed by atoms with van der Waals surface area (Å²) >= 11 is 0. The molecule has 4 atom stereocenters. The average molecular weight is 314 g/mol. The Labute approximate surface area is 122 Å². The third kappa shape index (κ3) is 2.81. The summed E-state index contributed by atoms with van der Waals surface area (Å²) in [6, 6.07) is 0. The second-order valence-electron chi connectivity index (χ2n) is 6.22. The average Bonchev–Trinajstić information content (AvgIpc) is 3.06. The Kier molecular flexibility index (Phi) is 3.51. The van der Waals surface area contributed by atoms with Crippen molar-refractivity contribution in [2.24, 2.45) is 11.8 Å². The van der Waals surface area contributed by atoms with Crippen molar-refractivity contribution in [2.45, 2.75) is 38.0 Å². The molecule has 1 aliphatic carbocycles. The molecule has 1 N–H and O–H groups in total. The van der Waals surface area contributed by atoms with E-state index in [1.165, 1.54) is 0 Å². The molecule has 2 fully saturated rings. The fraction of sp³-hybridized carbons (Fsp3) is 0.769. The number of nitrogens with zero attached hydrogens (tertiary/aromatic N) is 2. The Morgan fingerprint density at radius 1 is 1.38 bits per heavy atom. The second kappa shape index (κ2) is 5.08. The number of carboxylic acid groups (broad SMARTS) is 1. The van der Waals surface area contributed by atoms with E-state index < -0.39 is 21.7 Å². The van der Waals surface area contributed by atoms with Crippen LogP contribution in [-0.2, 0) is 14.6 Å². The molecule has 0 bridgehead atoms. The maximum atomic E-state index is 11.5. The van der Waals surface area contributed by atoms with Crippen molar-refractivity contribution in [3.63, 3.8) is 0 Å². The molecule has 0 amide bonds. The van der Waals surface area contributed by atoms with Crippen LogP contribution < -0.4 is 0 Å². The van der Waals surface area contributed by atoms with E-state index in [4.69, 9.17) is 4.52 Å². The molecule has 21 heavy (non-hydrogen) atoms. The summed E-state index contributed by atoms with van der Waals surface area (Å²) in [5.74, 6) is -0.589. The smallest absolute Gasteiger partial charge is 0.307 e. The molecule has 1 saturated carbocycles. The second-order valence-corrected chi connectivity index (χ2v) is 8.45. The molecule has 7 nitrogen and oxygen atoms in total. The maximum absolute atomic E-state index is 11.5. The molecule has 1 aromatic heterocycles. The molecule has 8 heteroatoms. The van der Waals surface area contributed by atoms with E-state index in [-0.39, 0.29) is 23.3 Å². The van der Waals surface area contributed by atoms with Crippen LogP contribution in [0.15, 0.2) is 4.52 Å². The van der Waals surface area contributed by atoms with Crippen molar-refractivity contribution in [3.8, 4) is 0 Å². The van der Waals surface area contributed by atoms with Crippen LogP contribution in [0, 0.1) is 11.8 Å². The molecule has 0 aromatic carbocycles. The third-order valence-corrected chi connectivity index (χ3v) is 6.26. The van der Waals surface area contributed by atoms with Gasteiger partial charge in [0.1, 0.15) is 0 Å². The first-order chi connectivity index (χ1) is 9.85. The fourth-order valence-corrected chi connectivity index (χ4v) is 5.14. The van der Waals surface area contributed by atoms with Crippen LogP contribution in [0.4, 0.5) is 0 Å². The van der Waals surface area contributed by atoms with Crippen molar-refractivity contribution >= 4 is 15.8 Å². The van der Waals surface area contributed by atoms with Gasteiger partial charge in [0.15, 0.2) is 15.7 Å². The van der Waals surface area contributed by atoms with Crippen LogP contribution in [0.2, 0.25) is 0 Å². The Hall–Kier alpha value is -1.44. The van der Waals surface area contributed by atoms with Crippen molar-refractivity contribution in [1.29, 1.82) is 0 Å². The van der Waals surface area contributed by atoms with Crippen LogP contribution in [0.3, 0.4) is 0 Å². The molecule has 2 aliphatic rings. The number of carbonyl (C=O) groups is 1. The lowest BCUT2D eigenvalue weighted by atomic mass is 9.96. The van der Waals surface area contributed by atoms with E-state index >= 15 is 0 Å². The van der Waals surface area contributed by atoms with E-state index in [1.807, 2.05) is 6.92 Å². The van der Waals surface area contributed by atoms with E-state index in [1.54, 1.807) is 0 Å². The van der Waals surface area contributed by atoms with Gasteiger partial charge < -0.3 is 9.63 Å². The lowest BCUT2D eigenvalue weighted by molar-refractivity contribution is -0.142. The summed E-state index contributed by atoms with van der Waals surface area (Å²) in [6.07, 6.45) is 1.82. The van der Waals surface area contributed by atoms with E-state index in [2.05, 4.69) is 10.1 Å². The van der Waals surface area contributed by atoms with Crippen LogP contribution in [0.1, 0.15) is 49.7 Å². The molecule has 1 saturated heterocycles. The minimum atomic E-state index is -3.00. The number of aliphatic carboxylic acids is 1. The van der Waals surface area contributed by atoms with Crippen molar-refractivity contribution in [1.82, 2.24) is 10.1 Å². The molecule has 1 aliphatic heterocycles. The summed E-state index contributed by atoms with van der Waals surface area (Å²) < 4.78 is 28.2. The molecule has 3 rings (SSSR count). The zero-order valence-corrected chi connectivity index (χ0v) is 12.5. The van der Waals surface area contributed by atoms with Gasteiger partial charge in [-0.1, -0.05) is 12.1 Å². The number of sulfone groups is 1. The number of carboxylic acids is 1. The minimum absolute atomic E-state index is 0.0510. The number of aromatic nitrogens is 2. The van der Waals surface area contributed by atoms with Crippen molar-refractivity contribution < 1.29 is 22.8 Å². The Bertz CT molecular complexity index is 653. The summed E-state index contributed by atoms with van der Waals surface area (Å²) in [5.41, 5.74) is 0. The van der Waals surface area contributed by atoms with Gasteiger partial charge in [-0.15, -0.1) is 0 Å². The van der Waals surface area contributed by atoms with Crippen LogP contribution in [0.25, 0.3) is 0 Å². The Morgan fingerprint density at radius 2 is 2.14 bits per heavy atom. The molecule has 0 spiro atoms. The third-order valence-electron chi connectivity index (χ3n) is 4.49. The molecular weight excluding hydrogens is 296 g/mol. The molecule has 1 aromatic rings. The van der Waals surface area contributed by atoms with Gasteiger partial charge in [0.2, 0.25) is 5.89 Å². The van der Waals surface area contributed by atoms with Gasteiger partial charge >= 0.3 is 5.97 Å². The van der Waals surface area contributed by atoms with Gasteiger partial charge in [0, 0.05) is 5.92 Å². The van der Waals surface area contributed by atoms with Crippen LogP contribution >= 0.6 is 0 Å². The van der Waals surface area contributed by atoms with Gasteiger partial charge in [-0.2, -0.15) is 4.98 Å². The number of rotatable bonds is 3. The van der Waals surface area contributed by atoms with E-state index in [9.17, 15) is 18.3 Å².